The number of hydrogen-bond donors (Lipinski definition) is 3. The van der Waals surface area contributed by atoms with Crippen LogP contribution in [0.25, 0.3) is 11.0 Å². The van der Waals surface area contributed by atoms with Crippen LogP contribution in [0.3, 0.4) is 0 Å². The molecule has 0 unspecified atom stereocenters. The van der Waals surface area contributed by atoms with Crippen molar-refractivity contribution in [3.8, 4) is 5.75 Å². The van der Waals surface area contributed by atoms with Crippen LogP contribution in [0, 0.1) is 0 Å². The maximum absolute atomic E-state index is 12.2. The molecule has 0 aliphatic rings. The Morgan fingerprint density at radius 3 is 2.63 bits per heavy atom. The zero-order valence-corrected chi connectivity index (χ0v) is 15.0. The average Bonchev–Trinajstić information content (AvgIpc) is 3.00. The number of hydrogen-bond acceptors (Lipinski definition) is 6. The molecule has 1 aromatic heterocycles. The highest BCUT2D eigenvalue weighted by Crippen LogP contribution is 2.25. The van der Waals surface area contributed by atoms with E-state index in [0.717, 1.165) is 11.8 Å². The number of nitrogens with zero attached hydrogens (tertiary/aromatic N) is 2. The highest BCUT2D eigenvalue weighted by Gasteiger charge is 2.16. The number of para-hydroxylation sites is 2. The number of imidazole rings is 1. The molecule has 8 nitrogen and oxygen atoms in total. The van der Waals surface area contributed by atoms with Crippen LogP contribution in [0.2, 0.25) is 0 Å². The minimum absolute atomic E-state index is 0.0279. The molecule has 3 rings (SSSR count). The average molecular weight is 385 g/mol. The second kappa shape index (κ2) is 7.50. The number of nitrogens with one attached hydrogen (secondary N) is 1. The van der Waals surface area contributed by atoms with E-state index < -0.39 is 11.9 Å². The van der Waals surface area contributed by atoms with Gasteiger partial charge in [0, 0.05) is 12.6 Å². The van der Waals surface area contributed by atoms with Gasteiger partial charge >= 0.3 is 5.97 Å². The monoisotopic (exact) mass is 385 g/mol. The number of aromatic nitrogens is 2. The molecule has 3 aromatic rings. The van der Waals surface area contributed by atoms with Crippen molar-refractivity contribution in [3.63, 3.8) is 0 Å². The smallest absolute Gasteiger partial charge is 0.339 e. The van der Waals surface area contributed by atoms with E-state index in [4.69, 9.17) is 5.11 Å². The Hall–Kier alpha value is -3.33. The lowest BCUT2D eigenvalue weighted by Gasteiger charge is -2.07. The third kappa shape index (κ3) is 3.93. The van der Waals surface area contributed by atoms with E-state index in [2.05, 4.69) is 10.3 Å². The Bertz CT molecular complexity index is 1060. The number of anilines is 1. The van der Waals surface area contributed by atoms with Gasteiger partial charge in [-0.05, 0) is 30.3 Å². The lowest BCUT2D eigenvalue weighted by molar-refractivity contribution is -0.113. The van der Waals surface area contributed by atoms with Gasteiger partial charge in [0.15, 0.2) is 5.16 Å². The quantitative estimate of drug-likeness (QED) is 0.456. The summed E-state index contributed by atoms with van der Waals surface area (Å²) in [6.45, 7) is 1.42. The van der Waals surface area contributed by atoms with Crippen LogP contribution >= 0.6 is 11.8 Å². The van der Waals surface area contributed by atoms with Crippen molar-refractivity contribution in [3.05, 3.63) is 48.0 Å². The number of aromatic carboxylic acids is 1. The molecule has 2 aromatic carbocycles. The molecule has 3 N–H and O–H groups in total. The number of rotatable bonds is 5. The number of carboxylic acids is 1. The van der Waals surface area contributed by atoms with Crippen LogP contribution in [0.1, 0.15) is 22.1 Å². The van der Waals surface area contributed by atoms with Gasteiger partial charge in [-0.1, -0.05) is 23.9 Å². The third-order valence-corrected chi connectivity index (χ3v) is 4.63. The SMILES string of the molecule is CC(=O)n1c(SCC(=O)Nc2ccc(O)c(C(=O)O)c2)nc2ccccc21. The lowest BCUT2D eigenvalue weighted by atomic mass is 10.2. The maximum atomic E-state index is 12.2. The van der Waals surface area contributed by atoms with Gasteiger partial charge in [0.05, 0.1) is 16.8 Å². The van der Waals surface area contributed by atoms with Crippen LogP contribution in [0.5, 0.6) is 5.75 Å². The number of fused-ring (bicyclic) bond motifs is 1. The van der Waals surface area contributed by atoms with E-state index >= 15 is 0 Å². The Morgan fingerprint density at radius 2 is 1.93 bits per heavy atom. The number of benzene rings is 2. The van der Waals surface area contributed by atoms with Crippen LogP contribution in [-0.2, 0) is 4.79 Å². The summed E-state index contributed by atoms with van der Waals surface area (Å²) in [5.41, 5.74) is 1.26. The van der Waals surface area contributed by atoms with Gasteiger partial charge in [0.2, 0.25) is 11.8 Å². The summed E-state index contributed by atoms with van der Waals surface area (Å²) in [5, 5.41) is 21.5. The minimum Gasteiger partial charge on any atom is -0.507 e. The van der Waals surface area contributed by atoms with Gasteiger partial charge in [0.1, 0.15) is 11.3 Å². The third-order valence-electron chi connectivity index (χ3n) is 3.69. The first-order chi connectivity index (χ1) is 12.9. The number of phenols is 1. The zero-order valence-electron chi connectivity index (χ0n) is 14.2. The maximum Gasteiger partial charge on any atom is 0.339 e. The van der Waals surface area contributed by atoms with Crippen LogP contribution in [0.15, 0.2) is 47.6 Å². The molecule has 1 amide bonds. The van der Waals surface area contributed by atoms with E-state index in [9.17, 15) is 19.5 Å². The van der Waals surface area contributed by atoms with Gasteiger partial charge in [-0.15, -0.1) is 0 Å². The molecule has 0 fully saturated rings. The second-order valence-electron chi connectivity index (χ2n) is 5.61. The number of aromatic hydroxyl groups is 1. The summed E-state index contributed by atoms with van der Waals surface area (Å²) < 4.78 is 1.44. The molecule has 0 aliphatic heterocycles. The zero-order chi connectivity index (χ0) is 19.6. The molecule has 0 saturated heterocycles. The van der Waals surface area contributed by atoms with Crippen molar-refractivity contribution < 1.29 is 24.6 Å². The minimum atomic E-state index is -1.30. The van der Waals surface area contributed by atoms with Crippen molar-refractivity contribution in [2.24, 2.45) is 0 Å². The first-order valence-corrected chi connectivity index (χ1v) is 8.82. The molecule has 138 valence electrons. The summed E-state index contributed by atoms with van der Waals surface area (Å²) in [6.07, 6.45) is 0. The molecule has 9 heteroatoms. The molecule has 0 atom stereocenters. The van der Waals surface area contributed by atoms with E-state index in [1.54, 1.807) is 18.2 Å². The van der Waals surface area contributed by atoms with E-state index in [0.29, 0.717) is 16.2 Å². The summed E-state index contributed by atoms with van der Waals surface area (Å²) in [7, 11) is 0. The Balaban J connectivity index is 1.74. The number of carbonyl (C=O) groups excluding carboxylic acids is 2. The Labute approximate surface area is 157 Å². The second-order valence-corrected chi connectivity index (χ2v) is 6.55. The number of thioether (sulfide) groups is 1. The van der Waals surface area contributed by atoms with Crippen molar-refractivity contribution in [1.82, 2.24) is 9.55 Å². The lowest BCUT2D eigenvalue weighted by Crippen LogP contribution is -2.15. The number of carbonyl (C=O) groups is 3. The fourth-order valence-electron chi connectivity index (χ4n) is 2.52. The predicted octanol–water partition coefficient (Wildman–Crippen LogP) is 2.83. The van der Waals surface area contributed by atoms with Crippen molar-refractivity contribution in [1.29, 1.82) is 0 Å². The fraction of sp³-hybridized carbons (Fsp3) is 0.111. The molecule has 27 heavy (non-hydrogen) atoms. The van der Waals surface area contributed by atoms with E-state index in [1.165, 1.54) is 29.7 Å². The van der Waals surface area contributed by atoms with E-state index in [1.807, 2.05) is 6.07 Å². The van der Waals surface area contributed by atoms with Crippen LogP contribution in [0.4, 0.5) is 5.69 Å². The van der Waals surface area contributed by atoms with Gasteiger partial charge in [-0.3, -0.25) is 14.2 Å². The Kier molecular flexibility index (Phi) is 5.13. The van der Waals surface area contributed by atoms with Gasteiger partial charge in [0.25, 0.3) is 0 Å². The topological polar surface area (TPSA) is 122 Å². The first kappa shape index (κ1) is 18.5. The van der Waals surface area contributed by atoms with Crippen LogP contribution < -0.4 is 5.32 Å². The van der Waals surface area contributed by atoms with Crippen LogP contribution in [-0.4, -0.2) is 43.3 Å². The fourth-order valence-corrected chi connectivity index (χ4v) is 3.37. The summed E-state index contributed by atoms with van der Waals surface area (Å²) >= 11 is 1.10. The molecule has 0 spiro atoms. The largest absolute Gasteiger partial charge is 0.507 e. The summed E-state index contributed by atoms with van der Waals surface area (Å²) in [5.74, 6) is -2.32. The molecule has 0 saturated carbocycles. The van der Waals surface area contributed by atoms with Gasteiger partial charge in [-0.2, -0.15) is 0 Å². The van der Waals surface area contributed by atoms with Crippen molar-refractivity contribution in [2.45, 2.75) is 12.1 Å². The van der Waals surface area contributed by atoms with E-state index in [-0.39, 0.29) is 28.7 Å². The molecular formula is C18H15N3O5S. The molecule has 0 radical (unpaired) electrons. The highest BCUT2D eigenvalue weighted by atomic mass is 32.2. The number of amides is 1. The summed E-state index contributed by atoms with van der Waals surface area (Å²) in [6, 6.07) is 10.9. The Morgan fingerprint density at radius 1 is 1.19 bits per heavy atom. The molecule has 0 bridgehead atoms. The predicted molar refractivity (Wildman–Crippen MR) is 100 cm³/mol. The normalized spacial score (nSPS) is 10.7. The molecular weight excluding hydrogens is 370 g/mol. The first-order valence-electron chi connectivity index (χ1n) is 7.84. The summed E-state index contributed by atoms with van der Waals surface area (Å²) in [4.78, 5) is 39.5. The highest BCUT2D eigenvalue weighted by molar-refractivity contribution is 7.99. The standard InChI is InChI=1S/C18H15N3O5S/c1-10(22)21-14-5-3-2-4-13(14)20-18(21)27-9-16(24)19-11-6-7-15(23)12(8-11)17(25)26/h2-8,23H,9H2,1H3,(H,19,24)(H,25,26). The molecule has 0 aliphatic carbocycles. The van der Waals surface area contributed by atoms with Crippen molar-refractivity contribution >= 4 is 46.3 Å². The number of carboxylic acid groups (broad SMARTS) is 1. The van der Waals surface area contributed by atoms with Gasteiger partial charge in [-0.25, -0.2) is 9.78 Å². The molecule has 1 heterocycles. The van der Waals surface area contributed by atoms with Gasteiger partial charge < -0.3 is 15.5 Å². The van der Waals surface area contributed by atoms with Crippen molar-refractivity contribution in [2.75, 3.05) is 11.1 Å².